The quantitative estimate of drug-likeness (QED) is 0.763. The number of benzene rings is 1. The summed E-state index contributed by atoms with van der Waals surface area (Å²) in [4.78, 5) is 13.4. The average molecular weight is 366 g/mol. The molecule has 1 aromatic rings. The Morgan fingerprint density at radius 1 is 1.28 bits per heavy atom. The smallest absolute Gasteiger partial charge is 0.411 e. The number of amides is 1. The second-order valence-electron chi connectivity index (χ2n) is 7.00. The lowest BCUT2D eigenvalue weighted by molar-refractivity contribution is 0.0243. The lowest BCUT2D eigenvalue weighted by Crippen LogP contribution is -2.39. The molecular formula is C17H22N2O5S. The number of rotatable bonds is 3. The van der Waals surface area contributed by atoms with E-state index in [4.69, 9.17) is 8.92 Å². The maximum atomic E-state index is 12.4. The summed E-state index contributed by atoms with van der Waals surface area (Å²) in [5.41, 5.74) is 0.227. The summed E-state index contributed by atoms with van der Waals surface area (Å²) in [6.45, 7) is 7.00. The van der Waals surface area contributed by atoms with Gasteiger partial charge in [-0.25, -0.2) is 4.79 Å². The molecule has 0 radical (unpaired) electrons. The molecule has 0 spiro atoms. The van der Waals surface area contributed by atoms with E-state index in [0.717, 1.165) is 5.56 Å². The largest absolute Gasteiger partial charge is 0.444 e. The fourth-order valence-electron chi connectivity index (χ4n) is 2.45. The molecule has 1 aliphatic rings. The molecule has 1 aliphatic heterocycles. The molecule has 25 heavy (non-hydrogen) atoms. The Kier molecular flexibility index (Phi) is 5.40. The lowest BCUT2D eigenvalue weighted by Gasteiger charge is -2.25. The standard InChI is InChI=1S/C17H22N2O5S/c1-12-5-7-15(8-6-12)25(21,22)24-14-9-13(10-18)19(11-14)16(20)23-17(2,3)4/h5-8,13-14H,9,11H2,1-4H3/t13-,14+/m1/s1. The van der Waals surface area contributed by atoms with E-state index in [-0.39, 0.29) is 17.9 Å². The molecular weight excluding hydrogens is 344 g/mol. The molecule has 0 unspecified atom stereocenters. The van der Waals surface area contributed by atoms with Crippen molar-refractivity contribution in [2.45, 2.75) is 56.8 Å². The summed E-state index contributed by atoms with van der Waals surface area (Å²) < 4.78 is 35.2. The van der Waals surface area contributed by atoms with Gasteiger partial charge in [-0.1, -0.05) is 17.7 Å². The summed E-state index contributed by atoms with van der Waals surface area (Å²) in [7, 11) is -3.96. The summed E-state index contributed by atoms with van der Waals surface area (Å²) in [5.74, 6) is 0. The first kappa shape index (κ1) is 19.2. The number of carbonyl (C=O) groups excluding carboxylic acids is 1. The van der Waals surface area contributed by atoms with E-state index in [1.54, 1.807) is 32.9 Å². The molecule has 0 bridgehead atoms. The molecule has 8 heteroatoms. The van der Waals surface area contributed by atoms with Crippen molar-refractivity contribution in [1.29, 1.82) is 5.26 Å². The van der Waals surface area contributed by atoms with Gasteiger partial charge in [0, 0.05) is 6.42 Å². The zero-order chi connectivity index (χ0) is 18.8. The summed E-state index contributed by atoms with van der Waals surface area (Å²) in [6.07, 6.45) is -1.33. The molecule has 1 amide bonds. The number of likely N-dealkylation sites (tertiary alicyclic amines) is 1. The Bertz CT molecular complexity index is 775. The second-order valence-corrected chi connectivity index (χ2v) is 8.57. The third-order valence-corrected chi connectivity index (χ3v) is 4.99. The predicted octanol–water partition coefficient (Wildman–Crippen LogP) is 2.60. The highest BCUT2D eigenvalue weighted by molar-refractivity contribution is 7.86. The Morgan fingerprint density at radius 3 is 2.40 bits per heavy atom. The van der Waals surface area contributed by atoms with Crippen molar-refractivity contribution in [2.24, 2.45) is 0 Å². The summed E-state index contributed by atoms with van der Waals surface area (Å²) >= 11 is 0. The number of aryl methyl sites for hydroxylation is 1. The predicted molar refractivity (Wildman–Crippen MR) is 90.2 cm³/mol. The minimum atomic E-state index is -3.96. The first-order chi connectivity index (χ1) is 11.5. The molecule has 1 saturated heterocycles. The van der Waals surface area contributed by atoms with Gasteiger partial charge in [-0.3, -0.25) is 9.08 Å². The number of hydrogen-bond donors (Lipinski definition) is 0. The minimum absolute atomic E-state index is 0.0156. The summed E-state index contributed by atoms with van der Waals surface area (Å²) in [6, 6.07) is 7.49. The van der Waals surface area contributed by atoms with Gasteiger partial charge in [0.2, 0.25) is 0 Å². The van der Waals surface area contributed by atoms with E-state index in [1.807, 2.05) is 13.0 Å². The van der Waals surface area contributed by atoms with Gasteiger partial charge in [0.25, 0.3) is 10.1 Å². The number of carbonyl (C=O) groups is 1. The van der Waals surface area contributed by atoms with Crippen LogP contribution in [0.5, 0.6) is 0 Å². The molecule has 2 atom stereocenters. The van der Waals surface area contributed by atoms with Crippen molar-refractivity contribution < 1.29 is 22.1 Å². The molecule has 2 rings (SSSR count). The highest BCUT2D eigenvalue weighted by atomic mass is 32.2. The Labute approximate surface area is 148 Å². The van der Waals surface area contributed by atoms with Gasteiger partial charge in [-0.15, -0.1) is 0 Å². The molecule has 0 N–H and O–H groups in total. The van der Waals surface area contributed by atoms with E-state index >= 15 is 0 Å². The molecule has 7 nitrogen and oxygen atoms in total. The number of hydrogen-bond acceptors (Lipinski definition) is 6. The van der Waals surface area contributed by atoms with Gasteiger partial charge in [0.05, 0.1) is 23.6 Å². The highest BCUT2D eigenvalue weighted by Gasteiger charge is 2.40. The van der Waals surface area contributed by atoms with Gasteiger partial charge in [0.1, 0.15) is 11.6 Å². The SMILES string of the molecule is Cc1ccc(S(=O)(=O)O[C@H]2C[C@H](C#N)N(C(=O)OC(C)(C)C)C2)cc1. The van der Waals surface area contributed by atoms with Crippen LogP contribution in [0, 0.1) is 18.3 Å². The van der Waals surface area contributed by atoms with E-state index in [2.05, 4.69) is 0 Å². The fraction of sp³-hybridized carbons (Fsp3) is 0.529. The zero-order valence-electron chi connectivity index (χ0n) is 14.7. The van der Waals surface area contributed by atoms with Crippen molar-refractivity contribution in [3.05, 3.63) is 29.8 Å². The van der Waals surface area contributed by atoms with Crippen LogP contribution in [0.25, 0.3) is 0 Å². The monoisotopic (exact) mass is 366 g/mol. The Hall–Kier alpha value is -2.11. The van der Waals surface area contributed by atoms with Crippen molar-refractivity contribution in [1.82, 2.24) is 4.90 Å². The Morgan fingerprint density at radius 2 is 1.88 bits per heavy atom. The van der Waals surface area contributed by atoms with Gasteiger partial charge < -0.3 is 4.74 Å². The first-order valence-electron chi connectivity index (χ1n) is 7.91. The van der Waals surface area contributed by atoms with Crippen molar-refractivity contribution in [3.63, 3.8) is 0 Å². The van der Waals surface area contributed by atoms with Crippen LogP contribution in [-0.2, 0) is 19.0 Å². The fourth-order valence-corrected chi connectivity index (χ4v) is 3.53. The molecule has 0 aromatic heterocycles. The van der Waals surface area contributed by atoms with Crippen LogP contribution in [0.1, 0.15) is 32.8 Å². The number of ether oxygens (including phenoxy) is 1. The normalized spacial score (nSPS) is 21.0. The van der Waals surface area contributed by atoms with Crippen molar-refractivity contribution in [3.8, 4) is 6.07 Å². The van der Waals surface area contributed by atoms with E-state index in [1.165, 1.54) is 17.0 Å². The third-order valence-electron chi connectivity index (χ3n) is 3.61. The van der Waals surface area contributed by atoms with Crippen LogP contribution in [-0.4, -0.2) is 43.7 Å². The van der Waals surface area contributed by atoms with Crippen molar-refractivity contribution >= 4 is 16.2 Å². The summed E-state index contributed by atoms with van der Waals surface area (Å²) in [5, 5.41) is 9.24. The Balaban J connectivity index is 2.10. The third kappa shape index (κ3) is 4.94. The molecule has 1 aromatic carbocycles. The lowest BCUT2D eigenvalue weighted by atomic mass is 10.2. The maximum absolute atomic E-state index is 12.4. The van der Waals surface area contributed by atoms with Crippen LogP contribution in [0.2, 0.25) is 0 Å². The van der Waals surface area contributed by atoms with Gasteiger partial charge in [0.15, 0.2) is 0 Å². The second kappa shape index (κ2) is 7.02. The van der Waals surface area contributed by atoms with Crippen molar-refractivity contribution in [2.75, 3.05) is 6.54 Å². The zero-order valence-corrected chi connectivity index (χ0v) is 15.5. The average Bonchev–Trinajstić information content (AvgIpc) is 2.88. The van der Waals surface area contributed by atoms with Gasteiger partial charge in [-0.05, 0) is 39.8 Å². The molecule has 1 fully saturated rings. The minimum Gasteiger partial charge on any atom is -0.444 e. The number of nitrogens with zero attached hydrogens (tertiary/aromatic N) is 2. The molecule has 136 valence electrons. The first-order valence-corrected chi connectivity index (χ1v) is 9.32. The van der Waals surface area contributed by atoms with Crippen LogP contribution in [0.15, 0.2) is 29.2 Å². The van der Waals surface area contributed by atoms with E-state index < -0.39 is 34.0 Å². The molecule has 1 heterocycles. The maximum Gasteiger partial charge on any atom is 0.411 e. The van der Waals surface area contributed by atoms with Gasteiger partial charge >= 0.3 is 6.09 Å². The highest BCUT2D eigenvalue weighted by Crippen LogP contribution is 2.26. The van der Waals surface area contributed by atoms with E-state index in [9.17, 15) is 18.5 Å². The van der Waals surface area contributed by atoms with Crippen LogP contribution in [0.4, 0.5) is 4.79 Å². The molecule has 0 aliphatic carbocycles. The van der Waals surface area contributed by atoms with Crippen LogP contribution < -0.4 is 0 Å². The number of nitriles is 1. The topological polar surface area (TPSA) is 96.7 Å². The van der Waals surface area contributed by atoms with Crippen LogP contribution in [0.3, 0.4) is 0 Å². The van der Waals surface area contributed by atoms with Crippen LogP contribution >= 0.6 is 0 Å². The van der Waals surface area contributed by atoms with Gasteiger partial charge in [-0.2, -0.15) is 13.7 Å². The van der Waals surface area contributed by atoms with E-state index in [0.29, 0.717) is 0 Å². The molecule has 0 saturated carbocycles.